The second-order valence-corrected chi connectivity index (χ2v) is 6.72. The van der Waals surface area contributed by atoms with E-state index in [0.717, 1.165) is 5.69 Å². The molecule has 2 aromatic heterocycles. The molecule has 2 heterocycles. The topological polar surface area (TPSA) is 86.5 Å². The van der Waals surface area contributed by atoms with Crippen LogP contribution in [-0.2, 0) is 6.61 Å². The maximum atomic E-state index is 12.6. The number of carbonyl (C=O) groups is 1. The van der Waals surface area contributed by atoms with Crippen molar-refractivity contribution in [1.82, 2.24) is 9.97 Å². The Labute approximate surface area is 164 Å². The van der Waals surface area contributed by atoms with Crippen molar-refractivity contribution in [3.05, 3.63) is 64.4 Å². The van der Waals surface area contributed by atoms with Gasteiger partial charge in [-0.05, 0) is 36.4 Å². The van der Waals surface area contributed by atoms with Gasteiger partial charge in [-0.2, -0.15) is 0 Å². The number of benzene rings is 2. The van der Waals surface area contributed by atoms with Gasteiger partial charge in [0, 0.05) is 23.6 Å². The lowest BCUT2D eigenvalue weighted by atomic mass is 10.1. The van der Waals surface area contributed by atoms with Gasteiger partial charge in [-0.3, -0.25) is 4.79 Å². The smallest absolute Gasteiger partial charge is 0.255 e. The molecule has 28 heavy (non-hydrogen) atoms. The lowest BCUT2D eigenvalue weighted by molar-refractivity contribution is 0.102. The molecule has 142 valence electrons. The Balaban J connectivity index is 1.49. The zero-order valence-electron chi connectivity index (χ0n) is 15.3. The molecule has 0 saturated heterocycles. The van der Waals surface area contributed by atoms with E-state index in [4.69, 9.17) is 13.9 Å². The third-order valence-corrected chi connectivity index (χ3v) is 4.67. The lowest BCUT2D eigenvalue weighted by Gasteiger charge is -2.12. The molecule has 7 nitrogen and oxygen atoms in total. The van der Waals surface area contributed by atoms with Gasteiger partial charge in [0.15, 0.2) is 23.0 Å². The van der Waals surface area contributed by atoms with Crippen molar-refractivity contribution in [2.45, 2.75) is 13.5 Å². The number of hydrogen-bond acceptors (Lipinski definition) is 7. The summed E-state index contributed by atoms with van der Waals surface area (Å²) in [5.74, 6) is 1.34. The van der Waals surface area contributed by atoms with Crippen LogP contribution in [0.1, 0.15) is 21.9 Å². The molecular formula is C20H17N3O4S. The number of methoxy groups -OCH3 is 1. The second kappa shape index (κ2) is 7.69. The van der Waals surface area contributed by atoms with Gasteiger partial charge in [-0.25, -0.2) is 9.97 Å². The molecule has 0 bridgehead atoms. The van der Waals surface area contributed by atoms with Crippen LogP contribution in [-0.4, -0.2) is 23.0 Å². The first kappa shape index (κ1) is 18.0. The molecule has 4 rings (SSSR count). The third kappa shape index (κ3) is 3.81. The highest BCUT2D eigenvalue weighted by Crippen LogP contribution is 2.29. The molecule has 0 fully saturated rings. The Morgan fingerprint density at radius 3 is 2.89 bits per heavy atom. The maximum absolute atomic E-state index is 12.6. The minimum absolute atomic E-state index is 0.260. The van der Waals surface area contributed by atoms with E-state index < -0.39 is 0 Å². The molecule has 1 amide bonds. The average molecular weight is 395 g/mol. The number of carbonyl (C=O) groups excluding carboxylic acids is 1. The summed E-state index contributed by atoms with van der Waals surface area (Å²) in [6.45, 7) is 2.12. The van der Waals surface area contributed by atoms with Crippen molar-refractivity contribution in [3.8, 4) is 11.5 Å². The number of fused-ring (bicyclic) bond motifs is 1. The van der Waals surface area contributed by atoms with Gasteiger partial charge in [0.05, 0.1) is 18.3 Å². The Hall–Kier alpha value is -3.39. The van der Waals surface area contributed by atoms with Crippen LogP contribution in [0.2, 0.25) is 0 Å². The summed E-state index contributed by atoms with van der Waals surface area (Å²) < 4.78 is 16.6. The molecule has 8 heteroatoms. The van der Waals surface area contributed by atoms with E-state index in [1.165, 1.54) is 18.4 Å². The summed E-state index contributed by atoms with van der Waals surface area (Å²) in [6.07, 6.45) is 0. The number of amides is 1. The maximum Gasteiger partial charge on any atom is 0.255 e. The number of nitrogens with one attached hydrogen (secondary N) is 1. The molecule has 0 spiro atoms. The van der Waals surface area contributed by atoms with E-state index in [0.29, 0.717) is 46.3 Å². The molecular weight excluding hydrogens is 378 g/mol. The van der Waals surface area contributed by atoms with Gasteiger partial charge >= 0.3 is 0 Å². The van der Waals surface area contributed by atoms with Gasteiger partial charge in [-0.15, -0.1) is 11.3 Å². The average Bonchev–Trinajstić information content (AvgIpc) is 3.34. The van der Waals surface area contributed by atoms with E-state index in [9.17, 15) is 4.79 Å². The number of aromatic nitrogens is 2. The molecule has 0 atom stereocenters. The van der Waals surface area contributed by atoms with Crippen molar-refractivity contribution in [2.75, 3.05) is 12.4 Å². The zero-order chi connectivity index (χ0) is 19.5. The Morgan fingerprint density at radius 1 is 1.21 bits per heavy atom. The number of hydrogen-bond donors (Lipinski definition) is 1. The minimum atomic E-state index is -0.260. The lowest BCUT2D eigenvalue weighted by Crippen LogP contribution is -2.12. The SMILES string of the molecule is COc1cc(C(=O)Nc2ccc3oc(C)nc3c2)ccc1OCc1cscn1. The van der Waals surface area contributed by atoms with Crippen molar-refractivity contribution in [3.63, 3.8) is 0 Å². The summed E-state index contributed by atoms with van der Waals surface area (Å²) in [6, 6.07) is 10.4. The number of oxazole rings is 1. The van der Waals surface area contributed by atoms with Crippen LogP contribution in [0.4, 0.5) is 5.69 Å². The Bertz CT molecular complexity index is 1120. The number of aryl methyl sites for hydroxylation is 1. The third-order valence-electron chi connectivity index (χ3n) is 4.04. The number of anilines is 1. The number of rotatable bonds is 6. The van der Waals surface area contributed by atoms with Gasteiger partial charge in [0.2, 0.25) is 0 Å². The summed E-state index contributed by atoms with van der Waals surface area (Å²) in [7, 11) is 1.54. The van der Waals surface area contributed by atoms with Crippen LogP contribution in [0.5, 0.6) is 11.5 Å². The first-order valence-corrected chi connectivity index (χ1v) is 9.43. The molecule has 0 saturated carbocycles. The van der Waals surface area contributed by atoms with Crippen LogP contribution in [0.25, 0.3) is 11.1 Å². The van der Waals surface area contributed by atoms with Gasteiger partial charge in [0.25, 0.3) is 5.91 Å². The number of nitrogens with zero attached hydrogens (tertiary/aromatic N) is 2. The standard InChI is InChI=1S/C20H17N3O4S/c1-12-22-16-8-14(4-6-17(16)27-12)23-20(24)13-3-5-18(19(7-13)25-2)26-9-15-10-28-11-21-15/h3-8,10-11H,9H2,1-2H3,(H,23,24). The van der Waals surface area contributed by atoms with E-state index >= 15 is 0 Å². The van der Waals surface area contributed by atoms with E-state index in [1.54, 1.807) is 48.8 Å². The van der Waals surface area contributed by atoms with Crippen LogP contribution in [0.3, 0.4) is 0 Å². The predicted molar refractivity (Wildman–Crippen MR) is 106 cm³/mol. The molecule has 1 N–H and O–H groups in total. The summed E-state index contributed by atoms with van der Waals surface area (Å²) in [4.78, 5) is 21.1. The highest BCUT2D eigenvalue weighted by molar-refractivity contribution is 7.07. The summed E-state index contributed by atoms with van der Waals surface area (Å²) in [5, 5.41) is 4.78. The van der Waals surface area contributed by atoms with Crippen molar-refractivity contribution >= 4 is 34.0 Å². The molecule has 0 radical (unpaired) electrons. The first-order chi connectivity index (χ1) is 13.6. The van der Waals surface area contributed by atoms with E-state index in [-0.39, 0.29) is 5.91 Å². The molecule has 4 aromatic rings. The number of ether oxygens (including phenoxy) is 2. The highest BCUT2D eigenvalue weighted by Gasteiger charge is 2.13. The van der Waals surface area contributed by atoms with Crippen LogP contribution in [0.15, 0.2) is 51.7 Å². The van der Waals surface area contributed by atoms with Gasteiger partial charge in [0.1, 0.15) is 12.1 Å². The highest BCUT2D eigenvalue weighted by atomic mass is 32.1. The monoisotopic (exact) mass is 395 g/mol. The van der Waals surface area contributed by atoms with E-state index in [1.807, 2.05) is 5.38 Å². The largest absolute Gasteiger partial charge is 0.493 e. The van der Waals surface area contributed by atoms with Crippen molar-refractivity contribution < 1.29 is 18.7 Å². The molecule has 0 unspecified atom stereocenters. The minimum Gasteiger partial charge on any atom is -0.493 e. The summed E-state index contributed by atoms with van der Waals surface area (Å²) >= 11 is 1.51. The molecule has 0 aliphatic rings. The molecule has 0 aliphatic heterocycles. The second-order valence-electron chi connectivity index (χ2n) is 6.00. The Morgan fingerprint density at radius 2 is 2.11 bits per heavy atom. The predicted octanol–water partition coefficient (Wildman–Crippen LogP) is 4.43. The van der Waals surface area contributed by atoms with Crippen molar-refractivity contribution in [2.24, 2.45) is 0 Å². The zero-order valence-corrected chi connectivity index (χ0v) is 16.1. The fourth-order valence-electron chi connectivity index (χ4n) is 2.71. The first-order valence-electron chi connectivity index (χ1n) is 8.49. The Kier molecular flexibility index (Phi) is 4.94. The fourth-order valence-corrected chi connectivity index (χ4v) is 3.26. The van der Waals surface area contributed by atoms with Crippen LogP contribution in [0, 0.1) is 6.92 Å². The molecule has 0 aliphatic carbocycles. The fraction of sp³-hybridized carbons (Fsp3) is 0.150. The van der Waals surface area contributed by atoms with Crippen LogP contribution < -0.4 is 14.8 Å². The number of thiazole rings is 1. The summed E-state index contributed by atoms with van der Waals surface area (Å²) in [5.41, 5.74) is 5.05. The van der Waals surface area contributed by atoms with Crippen LogP contribution >= 0.6 is 11.3 Å². The van der Waals surface area contributed by atoms with Gasteiger partial charge in [-0.1, -0.05) is 0 Å². The van der Waals surface area contributed by atoms with Gasteiger partial charge < -0.3 is 19.2 Å². The quantitative estimate of drug-likeness (QED) is 0.520. The normalized spacial score (nSPS) is 10.8. The van der Waals surface area contributed by atoms with E-state index in [2.05, 4.69) is 15.3 Å². The molecule has 2 aromatic carbocycles. The van der Waals surface area contributed by atoms with Crippen molar-refractivity contribution in [1.29, 1.82) is 0 Å².